The maximum atomic E-state index is 2.39. The van der Waals surface area contributed by atoms with Gasteiger partial charge in [-0.3, -0.25) is 0 Å². The molecule has 0 aromatic carbocycles. The predicted octanol–water partition coefficient (Wildman–Crippen LogP) is 4.88. The smallest absolute Gasteiger partial charge is 0.147 e. The summed E-state index contributed by atoms with van der Waals surface area (Å²) < 4.78 is 0. The zero-order valence-corrected chi connectivity index (χ0v) is 12.0. The minimum atomic E-state index is -0.370. The fraction of sp³-hybridized carbons (Fsp3) is 0.600. The van der Waals surface area contributed by atoms with Gasteiger partial charge in [-0.15, -0.1) is 24.8 Å². The monoisotopic (exact) mass is 313 g/mol. The molecule has 0 N–H and O–H groups in total. The second-order valence-electron chi connectivity index (χ2n) is 2.62. The van der Waals surface area contributed by atoms with Gasteiger partial charge in [0.05, 0.1) is 0 Å². The summed E-state index contributed by atoms with van der Waals surface area (Å²) in [6.07, 6.45) is 11.4. The number of halogens is 2. The van der Waals surface area contributed by atoms with Crippen LogP contribution in [0.1, 0.15) is 19.8 Å². The van der Waals surface area contributed by atoms with Crippen LogP contribution in [0.2, 0.25) is 16.1 Å². The van der Waals surface area contributed by atoms with Crippen molar-refractivity contribution >= 4 is 24.8 Å². The Labute approximate surface area is 101 Å². The van der Waals surface area contributed by atoms with Crippen molar-refractivity contribution in [1.29, 1.82) is 0 Å². The molecule has 0 spiro atoms. The Kier molecular flexibility index (Phi) is 22.5. The first kappa shape index (κ1) is 19.3. The van der Waals surface area contributed by atoms with Gasteiger partial charge < -0.3 is 0 Å². The largest absolute Gasteiger partial charge is 0.147 e. The minimum absolute atomic E-state index is 0. The third-order valence-corrected chi connectivity index (χ3v) is 3.10. The molecule has 0 fully saturated rings. The summed E-state index contributed by atoms with van der Waals surface area (Å²) in [5, 5.41) is 1.36. The molecule has 0 aliphatic heterocycles. The van der Waals surface area contributed by atoms with Crippen LogP contribution in [0.15, 0.2) is 24.3 Å². The van der Waals surface area contributed by atoms with Crippen molar-refractivity contribution in [1.82, 2.24) is 0 Å². The van der Waals surface area contributed by atoms with Gasteiger partial charge in [0.15, 0.2) is 0 Å². The maximum Gasteiger partial charge on any atom is -0.147 e. The molecule has 0 rings (SSSR count). The molecule has 0 amide bonds. The molecule has 13 heavy (non-hydrogen) atoms. The van der Waals surface area contributed by atoms with E-state index in [1.165, 1.54) is 17.9 Å². The average molecular weight is 313 g/mol. The normalized spacial score (nSPS) is 11.2. The molecule has 0 aromatic heterocycles. The van der Waals surface area contributed by atoms with E-state index in [0.717, 1.165) is 0 Å². The number of unbranched alkanes of at least 4 members (excludes halogenated alkanes) is 1. The summed E-state index contributed by atoms with van der Waals surface area (Å²) in [6, 6.07) is 0. The second kappa shape index (κ2) is 15.2. The van der Waals surface area contributed by atoms with E-state index in [2.05, 4.69) is 42.3 Å². The van der Waals surface area contributed by atoms with Crippen molar-refractivity contribution < 1.29 is 16.0 Å². The fourth-order valence-electron chi connectivity index (χ4n) is 0.703. The first-order chi connectivity index (χ1) is 5.27. The second-order valence-corrected chi connectivity index (χ2v) is 7.52. The van der Waals surface area contributed by atoms with Gasteiger partial charge in [-0.2, -0.15) is 0 Å². The van der Waals surface area contributed by atoms with Gasteiger partial charge in [0.2, 0.25) is 0 Å². The van der Waals surface area contributed by atoms with Gasteiger partial charge in [0.1, 0.15) is 0 Å². The first-order valence-electron chi connectivity index (χ1n) is 3.93. The minimum Gasteiger partial charge on any atom is -0.147 e. The molecule has 0 aromatic rings. The summed E-state index contributed by atoms with van der Waals surface area (Å²) in [5.74, 6) is 0. The third kappa shape index (κ3) is 19.2. The van der Waals surface area contributed by atoms with Crippen molar-refractivity contribution in [3.8, 4) is 0 Å². The van der Waals surface area contributed by atoms with Gasteiger partial charge in [-0.1, -0.05) is 0 Å². The molecule has 0 bridgehead atoms. The van der Waals surface area contributed by atoms with E-state index in [1.807, 2.05) is 0 Å². The van der Waals surface area contributed by atoms with Gasteiger partial charge in [-0.25, -0.2) is 0 Å². The molecular weight excluding hydrogens is 292 g/mol. The molecule has 0 nitrogen and oxygen atoms in total. The first-order valence-corrected chi connectivity index (χ1v) is 8.63. The molecule has 3 heteroatoms. The van der Waals surface area contributed by atoms with E-state index < -0.39 is 0 Å². The van der Waals surface area contributed by atoms with Gasteiger partial charge in [0.25, 0.3) is 0 Å². The predicted molar refractivity (Wildman–Crippen MR) is 64.2 cm³/mol. The van der Waals surface area contributed by atoms with Crippen molar-refractivity contribution in [3.63, 3.8) is 0 Å². The zero-order chi connectivity index (χ0) is 8.53. The molecule has 0 radical (unpaired) electrons. The molecule has 0 saturated carbocycles. The zero-order valence-electron chi connectivity index (χ0n) is 8.60. The van der Waals surface area contributed by atoms with E-state index in [0.29, 0.717) is 0 Å². The number of hydrogen-bond acceptors (Lipinski definition) is 0. The summed E-state index contributed by atoms with van der Waals surface area (Å²) in [5.41, 5.74) is 4.78. The van der Waals surface area contributed by atoms with Gasteiger partial charge >= 0.3 is 76.1 Å². The average Bonchev–Trinajstić information content (AvgIpc) is 1.96. The Morgan fingerprint density at radius 3 is 1.92 bits per heavy atom. The SMILES string of the molecule is CC=CCCC=C[CH2][Ru]([CH3])[CH3].Cl.Cl. The molecule has 0 unspecified atom stereocenters. The Balaban J connectivity index is -0.000000500. The van der Waals surface area contributed by atoms with Crippen molar-refractivity contribution in [2.75, 3.05) is 0 Å². The van der Waals surface area contributed by atoms with Crippen LogP contribution in [-0.2, 0) is 16.0 Å². The van der Waals surface area contributed by atoms with Crippen LogP contribution < -0.4 is 0 Å². The van der Waals surface area contributed by atoms with Crippen molar-refractivity contribution in [3.05, 3.63) is 24.3 Å². The molecular formula is C10H21Cl2Ru. The number of allylic oxidation sites excluding steroid dienone is 4. The molecule has 83 valence electrons. The molecule has 0 heterocycles. The molecule has 0 saturated heterocycles. The number of hydrogen-bond donors (Lipinski definition) is 0. The van der Waals surface area contributed by atoms with E-state index in [1.54, 1.807) is 0 Å². The van der Waals surface area contributed by atoms with Crippen LogP contribution in [0.3, 0.4) is 0 Å². The molecule has 0 aliphatic rings. The Bertz CT molecular complexity index is 131. The van der Waals surface area contributed by atoms with Crippen LogP contribution in [0.5, 0.6) is 0 Å². The molecule has 0 atom stereocenters. The quantitative estimate of drug-likeness (QED) is 0.386. The van der Waals surface area contributed by atoms with E-state index in [-0.39, 0.29) is 40.8 Å². The van der Waals surface area contributed by atoms with E-state index in [9.17, 15) is 0 Å². The Hall–Kier alpha value is 0.683. The van der Waals surface area contributed by atoms with E-state index >= 15 is 0 Å². The van der Waals surface area contributed by atoms with Crippen molar-refractivity contribution in [2.45, 2.75) is 35.8 Å². The Morgan fingerprint density at radius 2 is 1.46 bits per heavy atom. The summed E-state index contributed by atoms with van der Waals surface area (Å²) in [7, 11) is 0. The summed E-state index contributed by atoms with van der Waals surface area (Å²) in [6.45, 7) is 2.07. The van der Waals surface area contributed by atoms with E-state index in [4.69, 9.17) is 0 Å². The van der Waals surface area contributed by atoms with Crippen LogP contribution in [0, 0.1) is 0 Å². The summed E-state index contributed by atoms with van der Waals surface area (Å²) >= 11 is -0.370. The summed E-state index contributed by atoms with van der Waals surface area (Å²) in [4.78, 5) is 0. The fourth-order valence-corrected chi connectivity index (χ4v) is 1.81. The topological polar surface area (TPSA) is 0 Å². The molecule has 0 aliphatic carbocycles. The Morgan fingerprint density at radius 1 is 0.923 bits per heavy atom. The van der Waals surface area contributed by atoms with Gasteiger partial charge in [0, 0.05) is 0 Å². The van der Waals surface area contributed by atoms with Crippen LogP contribution in [0.25, 0.3) is 0 Å². The van der Waals surface area contributed by atoms with Crippen LogP contribution >= 0.6 is 24.8 Å². The standard InChI is InChI=1S/C8H13.2CH3.2ClH.Ru/c1-3-5-7-8-6-4-2;;;;;/h3-6H,1,7-8H2,2H3;2*1H3;2*1H;. The van der Waals surface area contributed by atoms with Crippen LogP contribution in [-0.4, -0.2) is 0 Å². The van der Waals surface area contributed by atoms with Crippen LogP contribution in [0.4, 0.5) is 0 Å². The van der Waals surface area contributed by atoms with Gasteiger partial charge in [-0.05, 0) is 0 Å². The van der Waals surface area contributed by atoms with Crippen molar-refractivity contribution in [2.24, 2.45) is 0 Å². The maximum absolute atomic E-state index is 2.39. The third-order valence-electron chi connectivity index (χ3n) is 1.27. The number of rotatable bonds is 5.